The van der Waals surface area contributed by atoms with Crippen LogP contribution in [0.15, 0.2) is 72.8 Å². The number of carbonyl (C=O) groups excluding carboxylic acids is 1. The summed E-state index contributed by atoms with van der Waals surface area (Å²) in [6, 6.07) is 23.9. The number of rotatable bonds is 7. The van der Waals surface area contributed by atoms with Crippen molar-refractivity contribution in [2.75, 3.05) is 19.6 Å². The predicted octanol–water partition coefficient (Wildman–Crippen LogP) is 7.13. The van der Waals surface area contributed by atoms with Gasteiger partial charge in [-0.2, -0.15) is 0 Å². The summed E-state index contributed by atoms with van der Waals surface area (Å²) in [5.74, 6) is 0.465. The molecule has 0 unspecified atom stereocenters. The second-order valence-electron chi connectivity index (χ2n) is 11.2. The number of halogens is 1. The van der Waals surface area contributed by atoms with E-state index in [2.05, 4.69) is 72.2 Å². The van der Waals surface area contributed by atoms with Crippen molar-refractivity contribution in [1.29, 1.82) is 0 Å². The van der Waals surface area contributed by atoms with Crippen LogP contribution in [-0.4, -0.2) is 41.4 Å². The average Bonchev–Trinajstić information content (AvgIpc) is 3.31. The van der Waals surface area contributed by atoms with E-state index in [-0.39, 0.29) is 17.8 Å². The van der Waals surface area contributed by atoms with Crippen molar-refractivity contribution in [3.63, 3.8) is 0 Å². The quantitative estimate of drug-likeness (QED) is 0.346. The molecule has 0 bridgehead atoms. The minimum absolute atomic E-state index is 0.0485. The molecular formula is C33H39FN2O. The Balaban J connectivity index is 1.42. The maximum atomic E-state index is 13.8. The molecule has 1 aliphatic carbocycles. The highest BCUT2D eigenvalue weighted by molar-refractivity contribution is 5.94. The summed E-state index contributed by atoms with van der Waals surface area (Å²) in [5.41, 5.74) is 5.93. The molecule has 3 aromatic rings. The van der Waals surface area contributed by atoms with Crippen molar-refractivity contribution in [3.8, 4) is 0 Å². The molecule has 0 radical (unpaired) electrons. The van der Waals surface area contributed by atoms with Gasteiger partial charge in [0.1, 0.15) is 5.82 Å². The number of carbonyl (C=O) groups is 1. The first kappa shape index (κ1) is 25.7. The summed E-state index contributed by atoms with van der Waals surface area (Å²) in [5, 5.41) is 0. The van der Waals surface area contributed by atoms with E-state index in [4.69, 9.17) is 0 Å². The molecule has 2 aliphatic rings. The molecule has 1 saturated heterocycles. The van der Waals surface area contributed by atoms with Crippen LogP contribution >= 0.6 is 0 Å². The lowest BCUT2D eigenvalue weighted by atomic mass is 9.85. The molecular weight excluding hydrogens is 459 g/mol. The Morgan fingerprint density at radius 1 is 0.892 bits per heavy atom. The summed E-state index contributed by atoms with van der Waals surface area (Å²) >= 11 is 0. The fourth-order valence-electron chi connectivity index (χ4n) is 6.38. The molecule has 4 heteroatoms. The van der Waals surface area contributed by atoms with Gasteiger partial charge in [0.2, 0.25) is 0 Å². The Morgan fingerprint density at radius 3 is 2.30 bits per heavy atom. The third kappa shape index (κ3) is 6.13. The van der Waals surface area contributed by atoms with Crippen LogP contribution in [0.25, 0.3) is 0 Å². The Morgan fingerprint density at radius 2 is 1.59 bits per heavy atom. The summed E-state index contributed by atoms with van der Waals surface area (Å²) in [6.45, 7) is 7.96. The molecule has 194 valence electrons. The van der Waals surface area contributed by atoms with Gasteiger partial charge in [0.25, 0.3) is 5.91 Å². The molecule has 37 heavy (non-hydrogen) atoms. The molecule has 3 aromatic carbocycles. The molecule has 0 N–H and O–H groups in total. The summed E-state index contributed by atoms with van der Waals surface area (Å²) < 4.78 is 13.6. The number of hydrogen-bond acceptors (Lipinski definition) is 2. The number of likely N-dealkylation sites (tertiary alicyclic amines) is 1. The van der Waals surface area contributed by atoms with Gasteiger partial charge in [-0.25, -0.2) is 4.39 Å². The van der Waals surface area contributed by atoms with E-state index in [0.29, 0.717) is 17.4 Å². The van der Waals surface area contributed by atoms with Gasteiger partial charge in [-0.1, -0.05) is 73.4 Å². The van der Waals surface area contributed by atoms with E-state index in [1.165, 1.54) is 53.6 Å². The van der Waals surface area contributed by atoms with Crippen molar-refractivity contribution >= 4 is 5.91 Å². The molecule has 3 nitrogen and oxygen atoms in total. The van der Waals surface area contributed by atoms with Crippen LogP contribution in [0, 0.1) is 25.6 Å². The van der Waals surface area contributed by atoms with Crippen molar-refractivity contribution in [1.82, 2.24) is 9.80 Å². The van der Waals surface area contributed by atoms with Gasteiger partial charge in [0.15, 0.2) is 0 Å². The van der Waals surface area contributed by atoms with E-state index in [0.717, 1.165) is 39.0 Å². The molecule has 5 rings (SSSR count). The van der Waals surface area contributed by atoms with Gasteiger partial charge in [-0.05, 0) is 73.6 Å². The van der Waals surface area contributed by atoms with E-state index in [1.54, 1.807) is 12.1 Å². The van der Waals surface area contributed by atoms with Crippen LogP contribution in [0.1, 0.15) is 70.6 Å². The van der Waals surface area contributed by atoms with Crippen LogP contribution in [0.3, 0.4) is 0 Å². The number of aryl methyl sites for hydroxylation is 2. The molecule has 0 spiro atoms. The normalized spacial score (nSPS) is 20.7. The first-order chi connectivity index (χ1) is 18.0. The number of amides is 1. The smallest absolute Gasteiger partial charge is 0.254 e. The van der Waals surface area contributed by atoms with E-state index in [9.17, 15) is 9.18 Å². The molecule has 2 fully saturated rings. The fraction of sp³-hybridized carbons (Fsp3) is 0.424. The second kappa shape index (κ2) is 11.6. The van der Waals surface area contributed by atoms with Gasteiger partial charge < -0.3 is 4.90 Å². The first-order valence-electron chi connectivity index (χ1n) is 13.9. The highest BCUT2D eigenvalue weighted by Crippen LogP contribution is 2.37. The maximum absolute atomic E-state index is 13.8. The maximum Gasteiger partial charge on any atom is 0.254 e. The predicted molar refractivity (Wildman–Crippen MR) is 148 cm³/mol. The summed E-state index contributed by atoms with van der Waals surface area (Å²) in [7, 11) is 0. The van der Waals surface area contributed by atoms with E-state index >= 15 is 0 Å². The first-order valence-corrected chi connectivity index (χ1v) is 13.9. The van der Waals surface area contributed by atoms with Crippen LogP contribution in [0.5, 0.6) is 0 Å². The average molecular weight is 499 g/mol. The molecule has 0 aromatic heterocycles. The molecule has 1 amide bonds. The monoisotopic (exact) mass is 498 g/mol. The Hall–Kier alpha value is -2.98. The third-order valence-corrected chi connectivity index (χ3v) is 8.43. The van der Waals surface area contributed by atoms with Crippen molar-refractivity contribution in [2.45, 2.75) is 64.5 Å². The lowest BCUT2D eigenvalue weighted by Gasteiger charge is -2.37. The lowest BCUT2D eigenvalue weighted by Crippen LogP contribution is -2.45. The minimum atomic E-state index is -0.303. The Bertz CT molecular complexity index is 1180. The van der Waals surface area contributed by atoms with Crippen LogP contribution in [-0.2, 0) is 6.54 Å². The standard InChI is InChI=1S/C33H39FN2O/c1-24-12-14-26(15-13-24)20-35-21-28(32(23-35)31-11-7-6-8-25(31)2)22-36(30-9-4-3-5-10-30)33(37)27-16-18-29(34)19-17-27/h6-8,11-19,28,30,32H,3-5,9-10,20-23H2,1-2H3/t28-,32-/m1/s1. The van der Waals surface area contributed by atoms with E-state index < -0.39 is 0 Å². The lowest BCUT2D eigenvalue weighted by molar-refractivity contribution is 0.0588. The van der Waals surface area contributed by atoms with Gasteiger partial charge in [-0.15, -0.1) is 0 Å². The van der Waals surface area contributed by atoms with Crippen molar-refractivity contribution in [2.24, 2.45) is 5.92 Å². The number of benzene rings is 3. The van der Waals surface area contributed by atoms with Crippen LogP contribution < -0.4 is 0 Å². The van der Waals surface area contributed by atoms with Crippen molar-refractivity contribution < 1.29 is 9.18 Å². The highest BCUT2D eigenvalue weighted by atomic mass is 19.1. The van der Waals surface area contributed by atoms with Crippen LogP contribution in [0.2, 0.25) is 0 Å². The Kier molecular flexibility index (Phi) is 8.05. The third-order valence-electron chi connectivity index (χ3n) is 8.43. The number of hydrogen-bond donors (Lipinski definition) is 0. The molecule has 1 heterocycles. The summed E-state index contributed by atoms with van der Waals surface area (Å²) in [4.78, 5) is 18.6. The largest absolute Gasteiger partial charge is 0.335 e. The number of nitrogens with zero attached hydrogens (tertiary/aromatic N) is 2. The van der Waals surface area contributed by atoms with Gasteiger partial charge in [-0.3, -0.25) is 9.69 Å². The van der Waals surface area contributed by atoms with Gasteiger partial charge >= 0.3 is 0 Å². The second-order valence-corrected chi connectivity index (χ2v) is 11.2. The fourth-order valence-corrected chi connectivity index (χ4v) is 6.38. The Labute approximate surface area is 221 Å². The highest BCUT2D eigenvalue weighted by Gasteiger charge is 2.38. The zero-order valence-corrected chi connectivity index (χ0v) is 22.2. The summed E-state index contributed by atoms with van der Waals surface area (Å²) in [6.07, 6.45) is 5.70. The zero-order chi connectivity index (χ0) is 25.8. The SMILES string of the molecule is Cc1ccc(CN2C[C@H](CN(C(=O)c3ccc(F)cc3)C3CCCCC3)[C@H](c3ccccc3C)C2)cc1. The van der Waals surface area contributed by atoms with Crippen molar-refractivity contribution in [3.05, 3.63) is 106 Å². The minimum Gasteiger partial charge on any atom is -0.335 e. The van der Waals surface area contributed by atoms with Gasteiger partial charge in [0.05, 0.1) is 0 Å². The van der Waals surface area contributed by atoms with E-state index in [1.807, 2.05) is 0 Å². The topological polar surface area (TPSA) is 23.6 Å². The molecule has 1 saturated carbocycles. The van der Waals surface area contributed by atoms with Crippen LogP contribution in [0.4, 0.5) is 4.39 Å². The molecule has 2 atom stereocenters. The van der Waals surface area contributed by atoms with Gasteiger partial charge in [0, 0.05) is 43.7 Å². The zero-order valence-electron chi connectivity index (χ0n) is 22.2. The molecule has 1 aliphatic heterocycles.